The third kappa shape index (κ3) is 3.91. The molecule has 0 N–H and O–H groups in total. The van der Waals surface area contributed by atoms with Gasteiger partial charge in [-0.1, -0.05) is 17.7 Å². The topological polar surface area (TPSA) is 67.2 Å². The highest BCUT2D eigenvalue weighted by Crippen LogP contribution is 2.11. The summed E-state index contributed by atoms with van der Waals surface area (Å²) in [5.41, 5.74) is 1.00. The molecule has 0 saturated carbocycles. The van der Waals surface area contributed by atoms with Crippen LogP contribution in [0.1, 0.15) is 26.3 Å². The van der Waals surface area contributed by atoms with Crippen LogP contribution in [0.5, 0.6) is 0 Å². The van der Waals surface area contributed by atoms with E-state index in [9.17, 15) is 9.59 Å². The molecule has 104 valence electrons. The summed E-state index contributed by atoms with van der Waals surface area (Å²) in [6.07, 6.45) is 0. The molecule has 0 radical (unpaired) electrons. The fraction of sp³-hybridized carbons (Fsp3) is 0.0625. The van der Waals surface area contributed by atoms with Crippen molar-refractivity contribution in [3.63, 3.8) is 0 Å². The van der Waals surface area contributed by atoms with Crippen molar-refractivity contribution in [2.24, 2.45) is 0 Å². The molecule has 0 atom stereocenters. The fourth-order valence-electron chi connectivity index (χ4n) is 1.65. The van der Waals surface area contributed by atoms with E-state index in [0.717, 1.165) is 0 Å². The monoisotopic (exact) mass is 299 g/mol. The largest absolute Gasteiger partial charge is 0.454 e. The van der Waals surface area contributed by atoms with Crippen LogP contribution in [0, 0.1) is 11.3 Å². The Kier molecular flexibility index (Phi) is 4.70. The van der Waals surface area contributed by atoms with E-state index in [-0.39, 0.29) is 18.0 Å². The van der Waals surface area contributed by atoms with Crippen LogP contribution in [-0.2, 0) is 4.74 Å². The molecule has 0 aliphatic heterocycles. The number of nitrogens with zero attached hydrogens (tertiary/aromatic N) is 1. The van der Waals surface area contributed by atoms with Crippen molar-refractivity contribution in [2.75, 3.05) is 6.61 Å². The van der Waals surface area contributed by atoms with Crippen molar-refractivity contribution < 1.29 is 14.3 Å². The zero-order valence-electron chi connectivity index (χ0n) is 10.9. The maximum Gasteiger partial charge on any atom is 0.338 e. The van der Waals surface area contributed by atoms with Gasteiger partial charge in [0.2, 0.25) is 0 Å². The Labute approximate surface area is 126 Å². The Hall–Kier alpha value is -2.64. The molecule has 4 nitrogen and oxygen atoms in total. The van der Waals surface area contributed by atoms with Crippen LogP contribution in [0.25, 0.3) is 0 Å². The molecule has 5 heteroatoms. The molecule has 21 heavy (non-hydrogen) atoms. The molecule has 0 saturated heterocycles. The molecular weight excluding hydrogens is 290 g/mol. The predicted molar refractivity (Wildman–Crippen MR) is 77.2 cm³/mol. The van der Waals surface area contributed by atoms with Gasteiger partial charge in [0, 0.05) is 10.6 Å². The van der Waals surface area contributed by atoms with Gasteiger partial charge < -0.3 is 4.74 Å². The second-order valence-corrected chi connectivity index (χ2v) is 4.64. The van der Waals surface area contributed by atoms with E-state index in [4.69, 9.17) is 21.6 Å². The van der Waals surface area contributed by atoms with Gasteiger partial charge in [-0.3, -0.25) is 4.79 Å². The molecule has 2 rings (SSSR count). The van der Waals surface area contributed by atoms with E-state index >= 15 is 0 Å². The lowest BCUT2D eigenvalue weighted by molar-refractivity contribution is 0.0474. The lowest BCUT2D eigenvalue weighted by Gasteiger charge is -2.05. The smallest absolute Gasteiger partial charge is 0.338 e. The molecule has 0 unspecified atom stereocenters. The van der Waals surface area contributed by atoms with Gasteiger partial charge in [0.15, 0.2) is 12.4 Å². The summed E-state index contributed by atoms with van der Waals surface area (Å²) < 4.78 is 4.94. The lowest BCUT2D eigenvalue weighted by Crippen LogP contribution is -2.14. The summed E-state index contributed by atoms with van der Waals surface area (Å²) in [6, 6.07) is 14.3. The zero-order valence-corrected chi connectivity index (χ0v) is 11.6. The van der Waals surface area contributed by atoms with Crippen LogP contribution in [-0.4, -0.2) is 18.4 Å². The summed E-state index contributed by atoms with van der Waals surface area (Å²) in [4.78, 5) is 23.6. The van der Waals surface area contributed by atoms with Gasteiger partial charge in [0.1, 0.15) is 0 Å². The fourth-order valence-corrected chi connectivity index (χ4v) is 1.78. The van der Waals surface area contributed by atoms with Gasteiger partial charge in [0.25, 0.3) is 0 Å². The molecule has 0 aliphatic carbocycles. The Morgan fingerprint density at radius 1 is 1.10 bits per heavy atom. The van der Waals surface area contributed by atoms with E-state index in [1.54, 1.807) is 36.4 Å². The SMILES string of the molecule is N#Cc1cccc(C(=O)OCC(=O)c2ccc(Cl)cc2)c1. The Balaban J connectivity index is 1.99. The number of Topliss-reactive ketones (excluding diaryl/α,β-unsaturated/α-hetero) is 1. The molecule has 0 fully saturated rings. The van der Waals surface area contributed by atoms with Gasteiger partial charge in [-0.2, -0.15) is 5.26 Å². The Bertz CT molecular complexity index is 717. The van der Waals surface area contributed by atoms with Crippen molar-refractivity contribution in [3.8, 4) is 6.07 Å². The number of ether oxygens (including phenoxy) is 1. The second kappa shape index (κ2) is 6.69. The number of benzene rings is 2. The number of hydrogen-bond acceptors (Lipinski definition) is 4. The first-order valence-corrected chi connectivity index (χ1v) is 6.44. The molecule has 0 heterocycles. The van der Waals surface area contributed by atoms with Crippen LogP contribution in [0.3, 0.4) is 0 Å². The van der Waals surface area contributed by atoms with Gasteiger partial charge in [-0.15, -0.1) is 0 Å². The average molecular weight is 300 g/mol. The quantitative estimate of drug-likeness (QED) is 0.642. The number of carbonyl (C=O) groups excluding carboxylic acids is 2. The van der Waals surface area contributed by atoms with Gasteiger partial charge >= 0.3 is 5.97 Å². The third-order valence-corrected chi connectivity index (χ3v) is 2.98. The van der Waals surface area contributed by atoms with Crippen LogP contribution >= 0.6 is 11.6 Å². The summed E-state index contributed by atoms with van der Waals surface area (Å²) >= 11 is 5.73. The molecule has 0 aromatic heterocycles. The second-order valence-electron chi connectivity index (χ2n) is 4.20. The number of halogens is 1. The van der Waals surface area contributed by atoms with Crippen LogP contribution < -0.4 is 0 Å². The molecule has 0 amide bonds. The molecule has 2 aromatic carbocycles. The Morgan fingerprint density at radius 2 is 1.81 bits per heavy atom. The number of ketones is 1. The number of rotatable bonds is 4. The van der Waals surface area contributed by atoms with Gasteiger partial charge in [0.05, 0.1) is 17.2 Å². The summed E-state index contributed by atoms with van der Waals surface area (Å²) in [6.45, 7) is -0.364. The first-order valence-electron chi connectivity index (χ1n) is 6.06. The van der Waals surface area contributed by atoms with Crippen molar-refractivity contribution in [1.29, 1.82) is 5.26 Å². The highest BCUT2D eigenvalue weighted by Gasteiger charge is 2.12. The lowest BCUT2D eigenvalue weighted by atomic mass is 10.1. The molecule has 0 bridgehead atoms. The van der Waals surface area contributed by atoms with E-state index in [1.165, 1.54) is 12.1 Å². The third-order valence-electron chi connectivity index (χ3n) is 2.73. The van der Waals surface area contributed by atoms with Crippen LogP contribution in [0.15, 0.2) is 48.5 Å². The van der Waals surface area contributed by atoms with Crippen molar-refractivity contribution in [1.82, 2.24) is 0 Å². The van der Waals surface area contributed by atoms with Crippen molar-refractivity contribution in [2.45, 2.75) is 0 Å². The number of hydrogen-bond donors (Lipinski definition) is 0. The highest BCUT2D eigenvalue weighted by atomic mass is 35.5. The number of carbonyl (C=O) groups is 2. The first kappa shape index (κ1) is 14.8. The normalized spacial score (nSPS) is 9.71. The highest BCUT2D eigenvalue weighted by molar-refractivity contribution is 6.30. The average Bonchev–Trinajstić information content (AvgIpc) is 2.53. The van der Waals surface area contributed by atoms with Crippen molar-refractivity contribution in [3.05, 3.63) is 70.2 Å². The maximum atomic E-state index is 11.8. The summed E-state index contributed by atoms with van der Waals surface area (Å²) in [5.74, 6) is -0.967. The minimum Gasteiger partial charge on any atom is -0.454 e. The minimum atomic E-state index is -0.644. The summed E-state index contributed by atoms with van der Waals surface area (Å²) in [7, 11) is 0. The first-order chi connectivity index (χ1) is 10.1. The van der Waals surface area contributed by atoms with E-state index in [2.05, 4.69) is 0 Å². The van der Waals surface area contributed by atoms with E-state index in [0.29, 0.717) is 16.1 Å². The maximum absolute atomic E-state index is 11.8. The number of nitriles is 1. The molecule has 0 spiro atoms. The standard InChI is InChI=1S/C16H10ClNO3/c17-14-6-4-12(5-7-14)15(19)10-21-16(20)13-3-1-2-11(8-13)9-18/h1-8H,10H2. The predicted octanol–water partition coefficient (Wildman–Crippen LogP) is 3.25. The zero-order chi connectivity index (χ0) is 15.2. The van der Waals surface area contributed by atoms with Gasteiger partial charge in [-0.25, -0.2) is 4.79 Å². The molecule has 0 aliphatic rings. The van der Waals surface area contributed by atoms with E-state index in [1.807, 2.05) is 6.07 Å². The summed E-state index contributed by atoms with van der Waals surface area (Å²) in [5, 5.41) is 9.29. The van der Waals surface area contributed by atoms with Crippen LogP contribution in [0.4, 0.5) is 0 Å². The van der Waals surface area contributed by atoms with E-state index < -0.39 is 5.97 Å². The minimum absolute atomic E-state index is 0.234. The van der Waals surface area contributed by atoms with Crippen molar-refractivity contribution >= 4 is 23.4 Å². The molecular formula is C16H10ClNO3. The van der Waals surface area contributed by atoms with Crippen LogP contribution in [0.2, 0.25) is 5.02 Å². The molecule has 2 aromatic rings. The van der Waals surface area contributed by atoms with Gasteiger partial charge in [-0.05, 0) is 42.5 Å². The Morgan fingerprint density at radius 3 is 2.48 bits per heavy atom. The number of esters is 1.